The first-order valence-electron chi connectivity index (χ1n) is 5.34. The van der Waals surface area contributed by atoms with Gasteiger partial charge in [-0.2, -0.15) is 0 Å². The van der Waals surface area contributed by atoms with Gasteiger partial charge in [-0.1, -0.05) is 37.9 Å². The van der Waals surface area contributed by atoms with Gasteiger partial charge in [-0.15, -0.1) is 0 Å². The molecule has 0 radical (unpaired) electrons. The molecule has 2 nitrogen and oxygen atoms in total. The first-order valence-corrected chi connectivity index (χ1v) is 8.25. The van der Waals surface area contributed by atoms with E-state index in [-0.39, 0.29) is 11.6 Å². The van der Waals surface area contributed by atoms with Crippen LogP contribution in [0.15, 0.2) is 50.2 Å². The molecule has 0 aliphatic rings. The molecule has 2 aromatic rings. The number of benzene rings is 2. The van der Waals surface area contributed by atoms with Gasteiger partial charge in [0.25, 0.3) is 0 Å². The van der Waals surface area contributed by atoms with Gasteiger partial charge in [0.2, 0.25) is 0 Å². The van der Waals surface area contributed by atoms with Crippen molar-refractivity contribution in [3.05, 3.63) is 56.7 Å². The molecule has 19 heavy (non-hydrogen) atoms. The van der Waals surface area contributed by atoms with E-state index in [4.69, 9.17) is 5.73 Å². The fourth-order valence-electron chi connectivity index (χ4n) is 1.58. The zero-order valence-corrected chi connectivity index (χ0v) is 13.7. The Kier molecular flexibility index (Phi) is 4.76. The van der Waals surface area contributed by atoms with E-state index < -0.39 is 10.8 Å². The van der Waals surface area contributed by atoms with Crippen molar-refractivity contribution < 1.29 is 8.60 Å². The van der Waals surface area contributed by atoms with Crippen molar-refractivity contribution in [3.8, 4) is 0 Å². The number of anilines is 1. The van der Waals surface area contributed by atoms with E-state index in [2.05, 4.69) is 31.9 Å². The smallest absolute Gasteiger partial charge is 0.124 e. The quantitative estimate of drug-likeness (QED) is 0.774. The molecule has 2 rings (SSSR count). The first-order chi connectivity index (χ1) is 8.97. The molecule has 0 aromatic heterocycles. The lowest BCUT2D eigenvalue weighted by Crippen LogP contribution is -2.01. The van der Waals surface area contributed by atoms with Crippen molar-refractivity contribution in [1.82, 2.24) is 0 Å². The maximum absolute atomic E-state index is 13.0. The molecular formula is C13H10Br2FNOS. The van der Waals surface area contributed by atoms with Crippen LogP contribution in [0.4, 0.5) is 10.1 Å². The highest BCUT2D eigenvalue weighted by Crippen LogP contribution is 2.26. The van der Waals surface area contributed by atoms with Gasteiger partial charge in [0.1, 0.15) is 5.82 Å². The number of hydrogen-bond acceptors (Lipinski definition) is 2. The monoisotopic (exact) mass is 405 g/mol. The van der Waals surface area contributed by atoms with Crippen molar-refractivity contribution in [3.63, 3.8) is 0 Å². The Balaban J connectivity index is 2.25. The second-order valence-corrected chi connectivity index (χ2v) is 7.10. The Morgan fingerprint density at radius 3 is 2.53 bits per heavy atom. The number of rotatable bonds is 3. The van der Waals surface area contributed by atoms with E-state index in [1.54, 1.807) is 24.3 Å². The molecule has 0 amide bonds. The predicted octanol–water partition coefficient (Wildman–Crippen LogP) is 4.24. The van der Waals surface area contributed by atoms with Crippen molar-refractivity contribution in [1.29, 1.82) is 0 Å². The molecule has 2 aromatic carbocycles. The summed E-state index contributed by atoms with van der Waals surface area (Å²) in [5.41, 5.74) is 7.10. The average molecular weight is 407 g/mol. The van der Waals surface area contributed by atoms with Gasteiger partial charge < -0.3 is 5.73 Å². The number of nitrogen functional groups attached to an aromatic ring is 1. The highest BCUT2D eigenvalue weighted by Gasteiger charge is 2.11. The van der Waals surface area contributed by atoms with Crippen LogP contribution in [0.1, 0.15) is 5.56 Å². The summed E-state index contributed by atoms with van der Waals surface area (Å²) in [6.45, 7) is 0. The van der Waals surface area contributed by atoms with Gasteiger partial charge in [-0.3, -0.25) is 4.21 Å². The summed E-state index contributed by atoms with van der Waals surface area (Å²) < 4.78 is 26.7. The zero-order valence-electron chi connectivity index (χ0n) is 9.70. The largest absolute Gasteiger partial charge is 0.398 e. The topological polar surface area (TPSA) is 43.1 Å². The van der Waals surface area contributed by atoms with E-state index in [1.807, 2.05) is 0 Å². The molecule has 0 aliphatic heterocycles. The fraction of sp³-hybridized carbons (Fsp3) is 0.0769. The normalized spacial score (nSPS) is 12.4. The zero-order chi connectivity index (χ0) is 14.0. The second-order valence-electron chi connectivity index (χ2n) is 3.91. The standard InChI is InChI=1S/C13H10Br2FNOS/c14-9-2-4-13(12(17)5-9)19(18)7-8-1-3-10(16)6-11(8)15/h1-6H,7,17H2. The molecule has 2 N–H and O–H groups in total. The van der Waals surface area contributed by atoms with Crippen molar-refractivity contribution in [2.45, 2.75) is 10.6 Å². The summed E-state index contributed by atoms with van der Waals surface area (Å²) in [7, 11) is -1.27. The van der Waals surface area contributed by atoms with Crippen LogP contribution >= 0.6 is 31.9 Å². The van der Waals surface area contributed by atoms with Gasteiger partial charge >= 0.3 is 0 Å². The molecule has 0 bridgehead atoms. The summed E-state index contributed by atoms with van der Waals surface area (Å²) in [6.07, 6.45) is 0. The van der Waals surface area contributed by atoms with Gasteiger partial charge in [0, 0.05) is 14.6 Å². The molecule has 0 heterocycles. The Morgan fingerprint density at radius 1 is 1.16 bits per heavy atom. The Hall–Kier alpha value is -0.720. The van der Waals surface area contributed by atoms with Crippen LogP contribution in [0, 0.1) is 5.82 Å². The lowest BCUT2D eigenvalue weighted by Gasteiger charge is -2.08. The fourth-order valence-corrected chi connectivity index (χ4v) is 3.87. The SMILES string of the molecule is Nc1cc(Br)ccc1S(=O)Cc1ccc(F)cc1Br. The van der Waals surface area contributed by atoms with Crippen molar-refractivity contribution in [2.24, 2.45) is 0 Å². The Morgan fingerprint density at radius 2 is 1.89 bits per heavy atom. The van der Waals surface area contributed by atoms with Crippen LogP contribution in [0.5, 0.6) is 0 Å². The van der Waals surface area contributed by atoms with Crippen LogP contribution in [0.3, 0.4) is 0 Å². The minimum atomic E-state index is -1.27. The second kappa shape index (κ2) is 6.15. The van der Waals surface area contributed by atoms with E-state index in [0.29, 0.717) is 15.1 Å². The molecule has 1 unspecified atom stereocenters. The van der Waals surface area contributed by atoms with Gasteiger partial charge in [-0.25, -0.2) is 4.39 Å². The van der Waals surface area contributed by atoms with Gasteiger partial charge in [0.15, 0.2) is 0 Å². The van der Waals surface area contributed by atoms with E-state index in [9.17, 15) is 8.60 Å². The van der Waals surface area contributed by atoms with Crippen molar-refractivity contribution in [2.75, 3.05) is 5.73 Å². The molecule has 6 heteroatoms. The summed E-state index contributed by atoms with van der Waals surface area (Å²) >= 11 is 6.57. The van der Waals surface area contributed by atoms with Crippen LogP contribution in [0.25, 0.3) is 0 Å². The molecular weight excluding hydrogens is 397 g/mol. The van der Waals surface area contributed by atoms with Gasteiger partial charge in [0.05, 0.1) is 21.4 Å². The van der Waals surface area contributed by atoms with E-state index >= 15 is 0 Å². The third kappa shape index (κ3) is 3.64. The van der Waals surface area contributed by atoms with Crippen molar-refractivity contribution >= 4 is 48.3 Å². The number of nitrogens with two attached hydrogens (primary N) is 1. The number of hydrogen-bond donors (Lipinski definition) is 1. The molecule has 100 valence electrons. The lowest BCUT2D eigenvalue weighted by molar-refractivity contribution is 0.626. The molecule has 0 saturated heterocycles. The van der Waals surface area contributed by atoms with E-state index in [0.717, 1.165) is 10.0 Å². The van der Waals surface area contributed by atoms with Crippen LogP contribution in [0.2, 0.25) is 0 Å². The molecule has 0 saturated carbocycles. The number of halogens is 3. The maximum Gasteiger partial charge on any atom is 0.124 e. The lowest BCUT2D eigenvalue weighted by atomic mass is 10.2. The predicted molar refractivity (Wildman–Crippen MR) is 82.8 cm³/mol. The van der Waals surface area contributed by atoms with Crippen LogP contribution in [-0.2, 0) is 16.6 Å². The third-order valence-electron chi connectivity index (χ3n) is 2.52. The molecule has 0 spiro atoms. The molecule has 0 aliphatic carbocycles. The van der Waals surface area contributed by atoms with E-state index in [1.165, 1.54) is 12.1 Å². The summed E-state index contributed by atoms with van der Waals surface area (Å²) in [4.78, 5) is 0.583. The first kappa shape index (κ1) is 14.7. The Labute approximate surface area is 129 Å². The van der Waals surface area contributed by atoms with Crippen LogP contribution in [-0.4, -0.2) is 4.21 Å². The summed E-state index contributed by atoms with van der Waals surface area (Å²) in [5.74, 6) is -0.0447. The minimum Gasteiger partial charge on any atom is -0.398 e. The highest BCUT2D eigenvalue weighted by atomic mass is 79.9. The average Bonchev–Trinajstić information content (AvgIpc) is 2.32. The van der Waals surface area contributed by atoms with Gasteiger partial charge in [-0.05, 0) is 35.9 Å². The van der Waals surface area contributed by atoms with Crippen LogP contribution < -0.4 is 5.73 Å². The molecule has 0 fully saturated rings. The third-order valence-corrected chi connectivity index (χ3v) is 5.19. The Bertz CT molecular complexity index is 649. The highest BCUT2D eigenvalue weighted by molar-refractivity contribution is 9.10. The maximum atomic E-state index is 13.0. The summed E-state index contributed by atoms with van der Waals surface area (Å²) in [5, 5.41) is 0. The summed E-state index contributed by atoms with van der Waals surface area (Å²) in [6, 6.07) is 9.56. The molecule has 1 atom stereocenters. The minimum absolute atomic E-state index is 0.284.